The first-order valence-corrected chi connectivity index (χ1v) is 6.37. The van der Waals surface area contributed by atoms with Gasteiger partial charge in [0, 0.05) is 18.7 Å². The Morgan fingerprint density at radius 2 is 2.19 bits per heavy atom. The van der Waals surface area contributed by atoms with E-state index >= 15 is 0 Å². The van der Waals surface area contributed by atoms with Crippen molar-refractivity contribution >= 4 is 17.7 Å². The van der Waals surface area contributed by atoms with Crippen LogP contribution >= 0.6 is 0 Å². The summed E-state index contributed by atoms with van der Waals surface area (Å²) in [6, 6.07) is 5.68. The van der Waals surface area contributed by atoms with E-state index in [1.165, 1.54) is 18.5 Å². The molecule has 0 saturated heterocycles. The third-order valence-corrected chi connectivity index (χ3v) is 2.71. The van der Waals surface area contributed by atoms with Crippen LogP contribution in [0.1, 0.15) is 22.6 Å². The van der Waals surface area contributed by atoms with Crippen molar-refractivity contribution < 1.29 is 14.7 Å². The van der Waals surface area contributed by atoms with Gasteiger partial charge in [0.25, 0.3) is 0 Å². The van der Waals surface area contributed by atoms with E-state index in [4.69, 9.17) is 5.11 Å². The summed E-state index contributed by atoms with van der Waals surface area (Å²) >= 11 is 0. The maximum absolute atomic E-state index is 11.6. The molecule has 0 unspecified atom stereocenters. The maximum Gasteiger partial charge on any atom is 0.335 e. The van der Waals surface area contributed by atoms with Crippen molar-refractivity contribution in [1.82, 2.24) is 20.5 Å². The number of aromatic nitrogens is 3. The number of aromatic carboxylic acids is 1. The number of aryl methyl sites for hydroxylation is 1. The van der Waals surface area contributed by atoms with Crippen LogP contribution in [0.5, 0.6) is 0 Å². The highest BCUT2D eigenvalue weighted by Gasteiger charge is 2.05. The van der Waals surface area contributed by atoms with Crippen LogP contribution in [0.25, 0.3) is 0 Å². The number of H-pyrrole nitrogens is 1. The molecule has 0 aliphatic rings. The Balaban J connectivity index is 1.74. The van der Waals surface area contributed by atoms with Crippen LogP contribution < -0.4 is 10.6 Å². The van der Waals surface area contributed by atoms with E-state index in [1.807, 2.05) is 0 Å². The van der Waals surface area contributed by atoms with Crippen molar-refractivity contribution in [2.75, 3.05) is 11.9 Å². The lowest BCUT2D eigenvalue weighted by atomic mass is 10.2. The van der Waals surface area contributed by atoms with Crippen molar-refractivity contribution in [3.63, 3.8) is 0 Å². The first kappa shape index (κ1) is 14.5. The van der Waals surface area contributed by atoms with Gasteiger partial charge in [0.2, 0.25) is 0 Å². The van der Waals surface area contributed by atoms with Crippen LogP contribution in [0.2, 0.25) is 0 Å². The summed E-state index contributed by atoms with van der Waals surface area (Å²) in [4.78, 5) is 26.4. The summed E-state index contributed by atoms with van der Waals surface area (Å²) in [7, 11) is 0. The fourth-order valence-electron chi connectivity index (χ4n) is 1.71. The average Bonchev–Trinajstić information content (AvgIpc) is 2.97. The number of carbonyl (C=O) groups excluding carboxylic acids is 1. The lowest BCUT2D eigenvalue weighted by molar-refractivity contribution is 0.0697. The molecule has 0 saturated carbocycles. The number of aromatic amines is 1. The first-order chi connectivity index (χ1) is 10.1. The average molecular weight is 289 g/mol. The van der Waals surface area contributed by atoms with Crippen molar-refractivity contribution in [2.45, 2.75) is 12.8 Å². The van der Waals surface area contributed by atoms with Gasteiger partial charge in [0.1, 0.15) is 12.2 Å². The van der Waals surface area contributed by atoms with E-state index in [-0.39, 0.29) is 11.6 Å². The molecule has 110 valence electrons. The standard InChI is InChI=1S/C13H15N5O3/c19-12(20)9-3-1-4-10(7-9)17-13(21)14-6-2-5-11-15-8-16-18-11/h1,3-4,7-8H,2,5-6H2,(H,19,20)(H2,14,17,21)(H,15,16,18). The quantitative estimate of drug-likeness (QED) is 0.597. The van der Waals surface area contributed by atoms with Crippen LogP contribution in [-0.4, -0.2) is 38.8 Å². The molecular weight excluding hydrogens is 274 g/mol. The highest BCUT2D eigenvalue weighted by molar-refractivity contribution is 5.93. The summed E-state index contributed by atoms with van der Waals surface area (Å²) in [5, 5.41) is 20.6. The van der Waals surface area contributed by atoms with Gasteiger partial charge in [-0.25, -0.2) is 14.6 Å². The van der Waals surface area contributed by atoms with Crippen molar-refractivity contribution in [3.8, 4) is 0 Å². The zero-order valence-corrected chi connectivity index (χ0v) is 11.2. The lowest BCUT2D eigenvalue weighted by Gasteiger charge is -2.07. The number of carboxylic acid groups (broad SMARTS) is 1. The fourth-order valence-corrected chi connectivity index (χ4v) is 1.71. The molecule has 21 heavy (non-hydrogen) atoms. The number of carbonyl (C=O) groups is 2. The molecule has 0 spiro atoms. The fraction of sp³-hybridized carbons (Fsp3) is 0.231. The number of anilines is 1. The van der Waals surface area contributed by atoms with Gasteiger partial charge in [-0.15, -0.1) is 0 Å². The van der Waals surface area contributed by atoms with E-state index in [1.54, 1.807) is 12.1 Å². The summed E-state index contributed by atoms with van der Waals surface area (Å²) in [6.07, 6.45) is 2.84. The Hall–Kier alpha value is -2.90. The van der Waals surface area contributed by atoms with Crippen LogP contribution in [0.15, 0.2) is 30.6 Å². The largest absolute Gasteiger partial charge is 0.478 e. The highest BCUT2D eigenvalue weighted by atomic mass is 16.4. The second-order valence-corrected chi connectivity index (χ2v) is 4.30. The maximum atomic E-state index is 11.6. The minimum atomic E-state index is -1.04. The number of nitrogens with zero attached hydrogens (tertiary/aromatic N) is 2. The molecule has 0 radical (unpaired) electrons. The minimum absolute atomic E-state index is 0.123. The minimum Gasteiger partial charge on any atom is -0.478 e. The third-order valence-electron chi connectivity index (χ3n) is 2.71. The molecule has 0 aliphatic heterocycles. The molecule has 0 atom stereocenters. The summed E-state index contributed by atoms with van der Waals surface area (Å²) in [6.45, 7) is 0.477. The van der Waals surface area contributed by atoms with E-state index < -0.39 is 5.97 Å². The molecule has 4 N–H and O–H groups in total. The summed E-state index contributed by atoms with van der Waals surface area (Å²) in [5.74, 6) is -0.266. The van der Waals surface area contributed by atoms with E-state index in [2.05, 4.69) is 25.8 Å². The van der Waals surface area contributed by atoms with E-state index in [9.17, 15) is 9.59 Å². The second kappa shape index (κ2) is 7.04. The molecule has 2 aromatic rings. The number of rotatable bonds is 6. The molecule has 0 fully saturated rings. The van der Waals surface area contributed by atoms with Crippen molar-refractivity contribution in [1.29, 1.82) is 0 Å². The second-order valence-electron chi connectivity index (χ2n) is 4.30. The molecule has 0 bridgehead atoms. The summed E-state index contributed by atoms with van der Waals surface area (Å²) < 4.78 is 0. The van der Waals surface area contributed by atoms with E-state index in [0.717, 1.165) is 12.2 Å². The Labute approximate surface area is 120 Å². The smallest absolute Gasteiger partial charge is 0.335 e. The monoisotopic (exact) mass is 289 g/mol. The van der Waals surface area contributed by atoms with Gasteiger partial charge in [-0.05, 0) is 24.6 Å². The van der Waals surface area contributed by atoms with Gasteiger partial charge < -0.3 is 15.7 Å². The number of benzene rings is 1. The van der Waals surface area contributed by atoms with Crippen molar-refractivity contribution in [2.24, 2.45) is 0 Å². The van der Waals surface area contributed by atoms with Gasteiger partial charge >= 0.3 is 12.0 Å². The SMILES string of the molecule is O=C(NCCCc1ncn[nH]1)Nc1cccc(C(=O)O)c1. The van der Waals surface area contributed by atoms with Gasteiger partial charge in [-0.1, -0.05) is 6.07 Å². The van der Waals surface area contributed by atoms with Gasteiger partial charge in [-0.3, -0.25) is 5.10 Å². The molecule has 8 nitrogen and oxygen atoms in total. The molecule has 0 aliphatic carbocycles. The number of urea groups is 1. The number of hydrogen-bond donors (Lipinski definition) is 4. The van der Waals surface area contributed by atoms with Crippen LogP contribution in [0.4, 0.5) is 10.5 Å². The predicted octanol–water partition coefficient (Wildman–Crippen LogP) is 1.26. The molecule has 8 heteroatoms. The normalized spacial score (nSPS) is 10.1. The Bertz CT molecular complexity index is 612. The highest BCUT2D eigenvalue weighted by Crippen LogP contribution is 2.10. The van der Waals surface area contributed by atoms with Gasteiger partial charge in [0.15, 0.2) is 0 Å². The molecule has 1 aromatic carbocycles. The Morgan fingerprint density at radius 1 is 1.33 bits per heavy atom. The Morgan fingerprint density at radius 3 is 2.90 bits per heavy atom. The topological polar surface area (TPSA) is 120 Å². The van der Waals surface area contributed by atoms with Crippen LogP contribution in [0.3, 0.4) is 0 Å². The van der Waals surface area contributed by atoms with Crippen LogP contribution in [0, 0.1) is 0 Å². The van der Waals surface area contributed by atoms with E-state index in [0.29, 0.717) is 18.7 Å². The molecule has 1 heterocycles. The molecule has 2 rings (SSSR count). The first-order valence-electron chi connectivity index (χ1n) is 6.37. The van der Waals surface area contributed by atoms with Gasteiger partial charge in [-0.2, -0.15) is 5.10 Å². The predicted molar refractivity (Wildman–Crippen MR) is 75.1 cm³/mol. The summed E-state index contributed by atoms with van der Waals surface area (Å²) in [5.41, 5.74) is 0.556. The van der Waals surface area contributed by atoms with Gasteiger partial charge in [0.05, 0.1) is 5.56 Å². The Kier molecular flexibility index (Phi) is 4.86. The number of amides is 2. The van der Waals surface area contributed by atoms with Crippen LogP contribution in [-0.2, 0) is 6.42 Å². The zero-order chi connectivity index (χ0) is 15.1. The number of nitrogens with one attached hydrogen (secondary N) is 3. The third kappa shape index (κ3) is 4.60. The molecular formula is C13H15N5O3. The lowest BCUT2D eigenvalue weighted by Crippen LogP contribution is -2.29. The van der Waals surface area contributed by atoms with Crippen molar-refractivity contribution in [3.05, 3.63) is 42.0 Å². The zero-order valence-electron chi connectivity index (χ0n) is 11.2. The number of carboxylic acids is 1. The number of hydrogen-bond acceptors (Lipinski definition) is 4. The molecule has 2 amide bonds. The molecule has 1 aromatic heterocycles.